The SMILES string of the molecule is [B][B][B][B][B][B][B][B]B([B])[Si](C)(OC)OC. The van der Waals surface area contributed by atoms with Crippen LogP contribution in [0.5, 0.6) is 0 Å². The standard InChI is InChI=1S/C3H9B10O2Si/c1-14-16(3,15-2)13(5)12-11-10-9-8-7-6-4/h1-3H3. The van der Waals surface area contributed by atoms with Gasteiger partial charge in [0.1, 0.15) is 6.09 Å². The Morgan fingerprint density at radius 1 is 1.00 bits per heavy atom. The van der Waals surface area contributed by atoms with Crippen LogP contribution in [0.15, 0.2) is 0 Å². The van der Waals surface area contributed by atoms with Gasteiger partial charge < -0.3 is 8.85 Å². The first-order valence-electron chi connectivity index (χ1n) is 5.01. The largest absolute Gasteiger partial charge is 0.404 e. The molecule has 0 bridgehead atoms. The molecule has 2 nitrogen and oxygen atoms in total. The Hall–Kier alpha value is 0.786. The zero-order valence-corrected chi connectivity index (χ0v) is 11.1. The molecular weight excluding hydrogens is 204 g/mol. The van der Waals surface area contributed by atoms with Crippen LogP contribution in [-0.4, -0.2) is 93.6 Å². The van der Waals surface area contributed by atoms with E-state index in [0.29, 0.717) is 0 Å². The van der Waals surface area contributed by atoms with Gasteiger partial charge in [-0.05, 0) is 6.55 Å². The second-order valence-electron chi connectivity index (χ2n) is 3.30. The maximum Gasteiger partial charge on any atom is 0.270 e. The fraction of sp³-hybridized carbons (Fsp3) is 1.00. The molecule has 0 fully saturated rings. The second-order valence-corrected chi connectivity index (χ2v) is 6.81. The van der Waals surface area contributed by atoms with E-state index in [1.54, 1.807) is 21.3 Å². The predicted molar refractivity (Wildman–Crippen MR) is 83.2 cm³/mol. The molecular formula is C3H9B10O2Si. The van der Waals surface area contributed by atoms with Gasteiger partial charge in [-0.15, -0.1) is 0 Å². The van der Waals surface area contributed by atoms with E-state index in [-0.39, 0.29) is 6.09 Å². The minimum Gasteiger partial charge on any atom is -0.404 e. The van der Waals surface area contributed by atoms with Crippen molar-refractivity contribution in [2.75, 3.05) is 14.2 Å². The summed E-state index contributed by atoms with van der Waals surface area (Å²) in [5.74, 6) is 0. The van der Waals surface area contributed by atoms with E-state index < -0.39 is 8.43 Å². The summed E-state index contributed by atoms with van der Waals surface area (Å²) in [5, 5.41) is 0. The summed E-state index contributed by atoms with van der Waals surface area (Å²) in [6.07, 6.45) is -0.197. The Balaban J connectivity index is 3.60. The lowest BCUT2D eigenvalue weighted by Gasteiger charge is -2.28. The molecule has 0 saturated heterocycles. The van der Waals surface area contributed by atoms with Gasteiger partial charge in [0.25, 0.3) is 8.43 Å². The monoisotopic (exact) mass is 215 g/mol. The number of rotatable bonds is 10. The summed E-state index contributed by atoms with van der Waals surface area (Å²) in [4.78, 5) is 0. The Morgan fingerprint density at radius 3 is 2.00 bits per heavy atom. The second kappa shape index (κ2) is 9.78. The van der Waals surface area contributed by atoms with Gasteiger partial charge in [0.05, 0.1) is 0 Å². The lowest BCUT2D eigenvalue weighted by Crippen LogP contribution is -2.59. The zero-order valence-electron chi connectivity index (χ0n) is 10.1. The van der Waals surface area contributed by atoms with Crippen LogP contribution in [-0.2, 0) is 8.85 Å². The smallest absolute Gasteiger partial charge is 0.270 e. The molecule has 0 spiro atoms. The summed E-state index contributed by atoms with van der Waals surface area (Å²) >= 11 is 0. The molecule has 13 heteroatoms. The van der Waals surface area contributed by atoms with Crippen molar-refractivity contribution in [3.63, 3.8) is 0 Å². The molecule has 0 N–H and O–H groups in total. The predicted octanol–water partition coefficient (Wildman–Crippen LogP) is -3.41. The summed E-state index contributed by atoms with van der Waals surface area (Å²) in [7, 11) is 24.6. The van der Waals surface area contributed by atoms with Crippen LogP contribution in [0.25, 0.3) is 0 Å². The van der Waals surface area contributed by atoms with Crippen molar-refractivity contribution >= 4 is 79.4 Å². The molecule has 0 aromatic carbocycles. The van der Waals surface area contributed by atoms with Crippen molar-refractivity contribution in [2.24, 2.45) is 0 Å². The van der Waals surface area contributed by atoms with Crippen LogP contribution in [0.4, 0.5) is 0 Å². The molecule has 0 aromatic heterocycles. The van der Waals surface area contributed by atoms with E-state index >= 15 is 0 Å². The van der Waals surface area contributed by atoms with Crippen LogP contribution in [0.2, 0.25) is 6.55 Å². The third-order valence-electron chi connectivity index (χ3n) is 2.29. The highest BCUT2D eigenvalue weighted by Gasteiger charge is 2.36. The van der Waals surface area contributed by atoms with Crippen molar-refractivity contribution in [2.45, 2.75) is 6.55 Å². The Kier molecular flexibility index (Phi) is 10.3. The summed E-state index contributed by atoms with van der Waals surface area (Å²) < 4.78 is 10.7. The average molecular weight is 213 g/mol. The van der Waals surface area contributed by atoms with Crippen LogP contribution < -0.4 is 0 Å². The Morgan fingerprint density at radius 2 is 1.50 bits per heavy atom. The maximum absolute atomic E-state index is 5.96. The van der Waals surface area contributed by atoms with Crippen molar-refractivity contribution in [1.29, 1.82) is 0 Å². The van der Waals surface area contributed by atoms with Gasteiger partial charge in [-0.1, -0.05) is 0 Å². The highest BCUT2D eigenvalue weighted by atomic mass is 28.4. The molecule has 67 valence electrons. The van der Waals surface area contributed by atoms with Gasteiger partial charge in [-0.2, -0.15) is 0 Å². The van der Waals surface area contributed by atoms with E-state index in [1.165, 1.54) is 7.06 Å². The number of hydrogen-bond acceptors (Lipinski definition) is 2. The van der Waals surface area contributed by atoms with Gasteiger partial charge in [0.2, 0.25) is 0 Å². The molecule has 0 aliphatic rings. The molecule has 16 heavy (non-hydrogen) atoms. The lowest BCUT2D eigenvalue weighted by molar-refractivity contribution is 0.272. The zero-order chi connectivity index (χ0) is 12.4. The number of hydrogen-bond donors (Lipinski definition) is 0. The Bertz CT molecular complexity index is 168. The third kappa shape index (κ3) is 6.50. The van der Waals surface area contributed by atoms with Crippen LogP contribution in [0.3, 0.4) is 0 Å². The molecule has 11 radical (unpaired) electrons. The maximum atomic E-state index is 5.96. The molecule has 0 aromatic rings. The normalized spacial score (nSPS) is 9.94. The summed E-state index contributed by atoms with van der Waals surface area (Å²) in [5.41, 5.74) is 0. The van der Waals surface area contributed by atoms with Crippen LogP contribution in [0, 0.1) is 0 Å². The fourth-order valence-corrected chi connectivity index (χ4v) is 2.14. The molecule has 0 saturated carbocycles. The molecule has 0 aliphatic carbocycles. The first-order chi connectivity index (χ1) is 7.60. The highest BCUT2D eigenvalue weighted by Crippen LogP contribution is 2.05. The van der Waals surface area contributed by atoms with Crippen LogP contribution in [0.1, 0.15) is 0 Å². The van der Waals surface area contributed by atoms with E-state index in [1.807, 2.05) is 41.9 Å². The van der Waals surface area contributed by atoms with E-state index in [2.05, 4.69) is 0 Å². The molecule has 0 aliphatic heterocycles. The molecule has 0 unspecified atom stereocenters. The van der Waals surface area contributed by atoms with Gasteiger partial charge in [0, 0.05) is 79.1 Å². The van der Waals surface area contributed by atoms with Gasteiger partial charge in [-0.3, -0.25) is 0 Å². The minimum absolute atomic E-state index is 0.197. The van der Waals surface area contributed by atoms with Crippen molar-refractivity contribution in [3.05, 3.63) is 0 Å². The first-order valence-corrected chi connectivity index (χ1v) is 7.41. The quantitative estimate of drug-likeness (QED) is 0.278. The van der Waals surface area contributed by atoms with Crippen molar-refractivity contribution in [1.82, 2.24) is 0 Å². The molecule has 0 heterocycles. The van der Waals surface area contributed by atoms with E-state index in [0.717, 1.165) is 0 Å². The van der Waals surface area contributed by atoms with E-state index in [4.69, 9.17) is 24.3 Å². The summed E-state index contributed by atoms with van der Waals surface area (Å²) in [6, 6.07) is 0. The third-order valence-corrected chi connectivity index (χ3v) is 5.31. The van der Waals surface area contributed by atoms with Gasteiger partial charge in [-0.25, -0.2) is 0 Å². The van der Waals surface area contributed by atoms with Gasteiger partial charge in [0.15, 0.2) is 0 Å². The first kappa shape index (κ1) is 16.8. The molecule has 0 rings (SSSR count). The summed E-state index contributed by atoms with van der Waals surface area (Å²) in [6.45, 7) is 1.93. The fourth-order valence-electron chi connectivity index (χ4n) is 0.971. The average Bonchev–Trinajstić information content (AvgIpc) is 2.32. The topological polar surface area (TPSA) is 18.5 Å². The molecule has 0 atom stereocenters. The van der Waals surface area contributed by atoms with Crippen molar-refractivity contribution in [3.8, 4) is 0 Å². The van der Waals surface area contributed by atoms with E-state index in [9.17, 15) is 0 Å². The minimum atomic E-state index is -2.26. The lowest BCUT2D eigenvalue weighted by atomic mass is 8.89. The van der Waals surface area contributed by atoms with Crippen LogP contribution >= 0.6 is 0 Å². The Labute approximate surface area is 109 Å². The van der Waals surface area contributed by atoms with Crippen molar-refractivity contribution < 1.29 is 8.85 Å². The highest BCUT2D eigenvalue weighted by molar-refractivity contribution is 7.78. The van der Waals surface area contributed by atoms with Gasteiger partial charge >= 0.3 is 0 Å². The molecule has 0 amide bonds.